The van der Waals surface area contributed by atoms with Crippen molar-refractivity contribution in [1.29, 1.82) is 0 Å². The van der Waals surface area contributed by atoms with Crippen molar-refractivity contribution in [2.45, 2.75) is 19.9 Å². The fourth-order valence-electron chi connectivity index (χ4n) is 4.79. The van der Waals surface area contributed by atoms with Crippen molar-refractivity contribution in [1.82, 2.24) is 20.0 Å². The van der Waals surface area contributed by atoms with Crippen LogP contribution in [0.15, 0.2) is 64.6 Å². The van der Waals surface area contributed by atoms with E-state index in [0.29, 0.717) is 27.8 Å². The number of halogens is 3. The lowest BCUT2D eigenvalue weighted by atomic mass is 9.93. The third-order valence-corrected chi connectivity index (χ3v) is 6.92. The Hall–Kier alpha value is -3.76. The van der Waals surface area contributed by atoms with Crippen LogP contribution in [-0.2, 0) is 7.05 Å². The molecule has 0 fully saturated rings. The topological polar surface area (TPSA) is 84.8 Å². The van der Waals surface area contributed by atoms with E-state index in [9.17, 15) is 4.79 Å². The monoisotopic (exact) mass is 558 g/mol. The Kier molecular flexibility index (Phi) is 6.70. The summed E-state index contributed by atoms with van der Waals surface area (Å²) < 4.78 is 27.6. The van der Waals surface area contributed by atoms with Crippen LogP contribution in [0.2, 0.25) is 10.0 Å². The number of anilines is 2. The van der Waals surface area contributed by atoms with E-state index < -0.39 is 11.9 Å². The van der Waals surface area contributed by atoms with Crippen molar-refractivity contribution in [3.8, 4) is 11.9 Å². The smallest absolute Gasteiger partial charge is 0.319 e. The van der Waals surface area contributed by atoms with Crippen molar-refractivity contribution >= 4 is 34.6 Å². The molecule has 0 bridgehead atoms. The third-order valence-electron chi connectivity index (χ3n) is 6.42. The number of hydrogen-bond acceptors (Lipinski definition) is 8. The molecule has 0 saturated carbocycles. The molecule has 2 aliphatic heterocycles. The Morgan fingerprint density at radius 3 is 2.55 bits per heavy atom. The van der Waals surface area contributed by atoms with Crippen LogP contribution in [0, 0.1) is 11.7 Å². The number of methoxy groups -OCH3 is 2. The Morgan fingerprint density at radius 1 is 1.16 bits per heavy atom. The van der Waals surface area contributed by atoms with Crippen molar-refractivity contribution < 1.29 is 13.9 Å². The SMILES string of the molecule is COc1ncc(N2NC3=CN(c4cc(Cl)c(=O)n(C)c4)C(c4ccc(Cl)cc4F)C3=C2C(C)C)c(OC)n1. The number of fused-ring (bicyclic) bond motifs is 1. The second kappa shape index (κ2) is 9.85. The highest BCUT2D eigenvalue weighted by Gasteiger charge is 2.43. The number of nitrogens with zero attached hydrogens (tertiary/aromatic N) is 5. The Labute approximate surface area is 228 Å². The highest BCUT2D eigenvalue weighted by atomic mass is 35.5. The van der Waals surface area contributed by atoms with Crippen LogP contribution >= 0.6 is 23.2 Å². The first-order valence-corrected chi connectivity index (χ1v) is 12.5. The zero-order valence-corrected chi connectivity index (χ0v) is 22.8. The average Bonchev–Trinajstić information content (AvgIpc) is 3.43. The summed E-state index contributed by atoms with van der Waals surface area (Å²) in [5.74, 6) is -0.172. The Bertz CT molecular complexity index is 1530. The number of nitrogens with one attached hydrogen (secondary N) is 1. The summed E-state index contributed by atoms with van der Waals surface area (Å²) >= 11 is 12.4. The van der Waals surface area contributed by atoms with Crippen molar-refractivity contribution in [3.05, 3.63) is 91.6 Å². The Balaban J connectivity index is 1.73. The minimum absolute atomic E-state index is 0.0169. The summed E-state index contributed by atoms with van der Waals surface area (Å²) in [5.41, 5.74) is 7.10. The van der Waals surface area contributed by atoms with Crippen LogP contribution in [0.1, 0.15) is 25.5 Å². The highest BCUT2D eigenvalue weighted by Crippen LogP contribution is 2.50. The second-order valence-corrected chi connectivity index (χ2v) is 9.98. The standard InChI is InChI=1S/C26H25Cl2FN6O3/c1-13(2)22-21-19(32-35(22)20-10-30-26(38-5)31-24(20)37-4)12-34(15-9-17(28)25(36)33(3)11-15)23(21)16-7-6-14(27)8-18(16)29/h6-13,23,32H,1-5H3. The van der Waals surface area contributed by atoms with Gasteiger partial charge in [-0.2, -0.15) is 4.98 Å². The van der Waals surface area contributed by atoms with E-state index in [-0.39, 0.29) is 22.5 Å². The van der Waals surface area contributed by atoms with Gasteiger partial charge in [-0.15, -0.1) is 0 Å². The average molecular weight is 559 g/mol. The van der Waals surface area contributed by atoms with Crippen LogP contribution < -0.4 is 30.4 Å². The van der Waals surface area contributed by atoms with Crippen LogP contribution in [0.5, 0.6) is 11.9 Å². The first-order chi connectivity index (χ1) is 18.1. The second-order valence-electron chi connectivity index (χ2n) is 9.13. The molecule has 1 aromatic carbocycles. The van der Waals surface area contributed by atoms with E-state index in [1.165, 1.54) is 24.9 Å². The van der Waals surface area contributed by atoms with Gasteiger partial charge in [0.2, 0.25) is 5.88 Å². The van der Waals surface area contributed by atoms with E-state index in [1.807, 2.05) is 30.0 Å². The van der Waals surface area contributed by atoms with Crippen LogP contribution in [0.3, 0.4) is 0 Å². The molecule has 4 heterocycles. The highest BCUT2D eigenvalue weighted by molar-refractivity contribution is 6.31. The van der Waals surface area contributed by atoms with E-state index in [0.717, 1.165) is 17.0 Å². The van der Waals surface area contributed by atoms with Crippen LogP contribution in [0.4, 0.5) is 15.8 Å². The maximum Gasteiger partial charge on any atom is 0.319 e. The molecule has 9 nitrogen and oxygen atoms in total. The number of allylic oxidation sites excluding steroid dienone is 1. The van der Waals surface area contributed by atoms with Crippen molar-refractivity contribution in [2.75, 3.05) is 24.1 Å². The molecule has 0 radical (unpaired) electrons. The molecule has 0 aliphatic carbocycles. The largest absolute Gasteiger partial charge is 0.479 e. The van der Waals surface area contributed by atoms with Gasteiger partial charge in [-0.1, -0.05) is 43.1 Å². The number of pyridine rings is 1. The number of hydrazine groups is 1. The minimum Gasteiger partial charge on any atom is -0.479 e. The zero-order chi connectivity index (χ0) is 27.3. The molecule has 2 aliphatic rings. The van der Waals surface area contributed by atoms with Gasteiger partial charge in [0.15, 0.2) is 0 Å². The summed E-state index contributed by atoms with van der Waals surface area (Å²) in [6.07, 6.45) is 5.13. The molecule has 5 rings (SSSR count). The number of hydrogen-bond donors (Lipinski definition) is 1. The first kappa shape index (κ1) is 25.9. The summed E-state index contributed by atoms with van der Waals surface area (Å²) in [6.45, 7) is 4.08. The fraction of sp³-hybridized carbons (Fsp3) is 0.269. The molecule has 1 atom stereocenters. The number of rotatable bonds is 6. The zero-order valence-electron chi connectivity index (χ0n) is 21.3. The minimum atomic E-state index is -0.601. The first-order valence-electron chi connectivity index (χ1n) is 11.7. The molecule has 1 N–H and O–H groups in total. The molecule has 3 aromatic rings. The van der Waals surface area contributed by atoms with Gasteiger partial charge < -0.3 is 18.9 Å². The van der Waals surface area contributed by atoms with Gasteiger partial charge in [-0.3, -0.25) is 15.2 Å². The molecule has 0 saturated heterocycles. The quantitative estimate of drug-likeness (QED) is 0.453. The molecular formula is C26H25Cl2FN6O3. The lowest BCUT2D eigenvalue weighted by molar-refractivity contribution is 0.352. The van der Waals surface area contributed by atoms with Gasteiger partial charge in [-0.05, 0) is 24.1 Å². The van der Waals surface area contributed by atoms with E-state index in [2.05, 4.69) is 15.4 Å². The number of aryl methyl sites for hydroxylation is 1. The summed E-state index contributed by atoms with van der Waals surface area (Å²) in [5, 5.41) is 2.19. The van der Waals surface area contributed by atoms with Crippen molar-refractivity contribution in [2.24, 2.45) is 13.0 Å². The van der Waals surface area contributed by atoms with Gasteiger partial charge in [0.1, 0.15) is 16.5 Å². The maximum absolute atomic E-state index is 15.5. The van der Waals surface area contributed by atoms with E-state index in [4.69, 9.17) is 32.7 Å². The van der Waals surface area contributed by atoms with Crippen LogP contribution in [0.25, 0.3) is 0 Å². The van der Waals surface area contributed by atoms with Gasteiger partial charge in [-0.25, -0.2) is 9.37 Å². The number of aromatic nitrogens is 3. The van der Waals surface area contributed by atoms with Gasteiger partial charge >= 0.3 is 6.01 Å². The molecule has 12 heteroatoms. The summed E-state index contributed by atoms with van der Waals surface area (Å²) in [7, 11) is 4.61. The van der Waals surface area contributed by atoms with E-state index in [1.54, 1.807) is 37.6 Å². The summed E-state index contributed by atoms with van der Waals surface area (Å²) in [4.78, 5) is 22.8. The molecule has 1 unspecified atom stereocenters. The predicted octanol–water partition coefficient (Wildman–Crippen LogP) is 4.98. The number of ether oxygens (including phenoxy) is 2. The predicted molar refractivity (Wildman–Crippen MR) is 144 cm³/mol. The Morgan fingerprint density at radius 2 is 1.92 bits per heavy atom. The van der Waals surface area contributed by atoms with Gasteiger partial charge in [0, 0.05) is 35.6 Å². The molecule has 38 heavy (non-hydrogen) atoms. The molecular weight excluding hydrogens is 534 g/mol. The lowest BCUT2D eigenvalue weighted by Crippen LogP contribution is -2.34. The fourth-order valence-corrected chi connectivity index (χ4v) is 5.20. The molecule has 198 valence electrons. The van der Waals surface area contributed by atoms with Gasteiger partial charge in [0.05, 0.1) is 43.5 Å². The third kappa shape index (κ3) is 4.23. The normalized spacial score (nSPS) is 16.7. The molecule has 0 amide bonds. The lowest BCUT2D eigenvalue weighted by Gasteiger charge is -2.31. The molecule has 2 aromatic heterocycles. The van der Waals surface area contributed by atoms with Crippen molar-refractivity contribution in [3.63, 3.8) is 0 Å². The molecule has 0 spiro atoms. The maximum atomic E-state index is 15.5. The number of benzene rings is 1. The summed E-state index contributed by atoms with van der Waals surface area (Å²) in [6, 6.07) is 5.76. The van der Waals surface area contributed by atoms with E-state index >= 15 is 4.39 Å². The van der Waals surface area contributed by atoms with Crippen LogP contribution in [-0.4, -0.2) is 28.8 Å². The van der Waals surface area contributed by atoms with Gasteiger partial charge in [0.25, 0.3) is 5.56 Å².